The monoisotopic (exact) mass is 855 g/mol. The van der Waals surface area contributed by atoms with E-state index in [1.807, 2.05) is 60.8 Å². The molecule has 346 valence electrons. The minimum atomic E-state index is -0.818. The molecule has 0 aliphatic carbocycles. The van der Waals surface area contributed by atoms with Gasteiger partial charge in [0.1, 0.15) is 13.2 Å². The van der Waals surface area contributed by atoms with E-state index in [9.17, 15) is 14.4 Å². The maximum absolute atomic E-state index is 12.8. The lowest BCUT2D eigenvalue weighted by Gasteiger charge is -2.18. The Morgan fingerprint density at radius 3 is 1.21 bits per heavy atom. The first-order chi connectivity index (χ1) is 30.5. The first-order valence-corrected chi connectivity index (χ1v) is 24.3. The van der Waals surface area contributed by atoms with E-state index >= 15 is 0 Å². The van der Waals surface area contributed by atoms with Crippen LogP contribution in [0.3, 0.4) is 0 Å². The molecule has 0 aliphatic heterocycles. The zero-order valence-electron chi connectivity index (χ0n) is 39.3. The molecule has 0 N–H and O–H groups in total. The van der Waals surface area contributed by atoms with Crippen LogP contribution >= 0.6 is 0 Å². The molecule has 6 nitrogen and oxygen atoms in total. The van der Waals surface area contributed by atoms with Crippen LogP contribution in [0.1, 0.15) is 181 Å². The molecule has 62 heavy (non-hydrogen) atoms. The van der Waals surface area contributed by atoms with Crippen molar-refractivity contribution < 1.29 is 28.6 Å². The van der Waals surface area contributed by atoms with Crippen molar-refractivity contribution in [2.24, 2.45) is 0 Å². The summed E-state index contributed by atoms with van der Waals surface area (Å²) in [7, 11) is 0. The highest BCUT2D eigenvalue weighted by molar-refractivity contribution is 5.71. The summed E-state index contributed by atoms with van der Waals surface area (Å²) in [6, 6.07) is 0. The van der Waals surface area contributed by atoms with E-state index in [0.29, 0.717) is 19.3 Å². The molecule has 0 aromatic carbocycles. The van der Waals surface area contributed by atoms with Crippen LogP contribution in [-0.4, -0.2) is 37.2 Å². The molecule has 0 amide bonds. The normalized spacial score (nSPS) is 13.3. The molecule has 0 aromatic rings. The van der Waals surface area contributed by atoms with Crippen molar-refractivity contribution in [2.45, 2.75) is 187 Å². The van der Waals surface area contributed by atoms with Gasteiger partial charge < -0.3 is 14.2 Å². The number of unbranched alkanes of at least 4 members (excludes halogenated alkanes) is 14. The van der Waals surface area contributed by atoms with Gasteiger partial charge in [0.2, 0.25) is 0 Å². The topological polar surface area (TPSA) is 78.9 Å². The Labute approximate surface area is 379 Å². The highest BCUT2D eigenvalue weighted by Crippen LogP contribution is 2.12. The quantitative estimate of drug-likeness (QED) is 0.0200. The molecule has 0 rings (SSSR count). The predicted molar refractivity (Wildman–Crippen MR) is 265 cm³/mol. The summed E-state index contributed by atoms with van der Waals surface area (Å²) in [5.74, 6) is -1.01. The molecule has 0 aromatic heterocycles. The number of hydrogen-bond donors (Lipinski definition) is 0. The molecule has 0 fully saturated rings. The highest BCUT2D eigenvalue weighted by Gasteiger charge is 2.19. The maximum Gasteiger partial charge on any atom is 0.306 e. The van der Waals surface area contributed by atoms with Gasteiger partial charge in [-0.1, -0.05) is 206 Å². The van der Waals surface area contributed by atoms with Crippen molar-refractivity contribution in [3.05, 3.63) is 134 Å². The van der Waals surface area contributed by atoms with Gasteiger partial charge in [0.25, 0.3) is 0 Å². The number of rotatable bonds is 41. The fourth-order valence-electron chi connectivity index (χ4n) is 5.93. The van der Waals surface area contributed by atoms with Gasteiger partial charge >= 0.3 is 17.9 Å². The molecule has 0 aliphatic rings. The van der Waals surface area contributed by atoms with Gasteiger partial charge in [-0.2, -0.15) is 0 Å². The molecule has 0 spiro atoms. The van der Waals surface area contributed by atoms with Crippen molar-refractivity contribution in [2.75, 3.05) is 13.2 Å². The Kier molecular flexibility index (Phi) is 45.7. The summed E-state index contributed by atoms with van der Waals surface area (Å²) in [5.41, 5.74) is 0. The second kappa shape index (κ2) is 49.2. The fourth-order valence-corrected chi connectivity index (χ4v) is 5.93. The van der Waals surface area contributed by atoms with Crippen LogP contribution in [-0.2, 0) is 28.6 Å². The van der Waals surface area contributed by atoms with Crippen molar-refractivity contribution in [3.63, 3.8) is 0 Å². The van der Waals surface area contributed by atoms with E-state index in [1.54, 1.807) is 0 Å². The Morgan fingerprint density at radius 2 is 0.710 bits per heavy atom. The molecular formula is C56H86O6. The Hall–Kier alpha value is -4.45. The van der Waals surface area contributed by atoms with Gasteiger partial charge in [-0.25, -0.2) is 0 Å². The van der Waals surface area contributed by atoms with Crippen molar-refractivity contribution in [3.8, 4) is 0 Å². The van der Waals surface area contributed by atoms with E-state index in [0.717, 1.165) is 116 Å². The Morgan fingerprint density at radius 1 is 0.355 bits per heavy atom. The molecule has 0 saturated carbocycles. The van der Waals surface area contributed by atoms with E-state index in [1.165, 1.54) is 25.7 Å². The minimum Gasteiger partial charge on any atom is -0.462 e. The molecule has 0 radical (unpaired) electrons. The summed E-state index contributed by atoms with van der Waals surface area (Å²) in [6.07, 6.45) is 68.6. The largest absolute Gasteiger partial charge is 0.462 e. The zero-order chi connectivity index (χ0) is 45.1. The fraction of sp³-hybridized carbons (Fsp3) is 0.554. The molecule has 1 atom stereocenters. The van der Waals surface area contributed by atoms with Gasteiger partial charge in [-0.15, -0.1) is 0 Å². The van der Waals surface area contributed by atoms with Crippen molar-refractivity contribution >= 4 is 17.9 Å². The second-order valence-electron chi connectivity index (χ2n) is 15.4. The molecule has 1 unspecified atom stereocenters. The molecule has 0 saturated heterocycles. The summed E-state index contributed by atoms with van der Waals surface area (Å²) in [6.45, 7) is 6.22. The third kappa shape index (κ3) is 46.6. The third-order valence-corrected chi connectivity index (χ3v) is 9.56. The standard InChI is InChI=1S/C56H86O6/c1-4-7-10-13-16-19-22-24-26-28-30-31-34-37-40-43-46-49-55(58)61-52-53(51-60-54(57)48-45-42-39-36-33-21-18-15-12-9-6-3)62-56(59)50-47-44-41-38-35-32-29-27-25-23-20-17-14-11-8-5-2/h7-8,10-11,13,15-22,24-28,30-31,33-34,53H,4-6,9,12,14,23,29,32,35-52H2,1-3H3/b10-7-,11-8-,16-13-,18-15-,20-17-,22-19-,26-24-,27-25-,30-28+,33-21-,34-31-. The van der Waals surface area contributed by atoms with E-state index in [2.05, 4.69) is 93.7 Å². The first-order valence-electron chi connectivity index (χ1n) is 24.3. The zero-order valence-corrected chi connectivity index (χ0v) is 39.3. The number of esters is 3. The number of allylic oxidation sites excluding steroid dienone is 22. The first kappa shape index (κ1) is 57.5. The molecular weight excluding hydrogens is 769 g/mol. The van der Waals surface area contributed by atoms with Crippen LogP contribution in [0.2, 0.25) is 0 Å². The van der Waals surface area contributed by atoms with E-state index < -0.39 is 6.10 Å². The number of ether oxygens (including phenoxy) is 3. The summed E-state index contributed by atoms with van der Waals surface area (Å²) in [4.78, 5) is 37.9. The SMILES string of the molecule is CC\C=C/C=C\C=C/C=C\C=C\C=C/CCCCCC(=O)OCC(COC(=O)CCCCC/C=C\C=C/CCCC)OC(=O)CCCCCCCC/C=C\C/C=C\C/C=C\CC. The van der Waals surface area contributed by atoms with Gasteiger partial charge in [0, 0.05) is 19.3 Å². The van der Waals surface area contributed by atoms with Gasteiger partial charge in [-0.05, 0) is 89.9 Å². The number of carbonyl (C=O) groups excluding carboxylic acids is 3. The third-order valence-electron chi connectivity index (χ3n) is 9.56. The van der Waals surface area contributed by atoms with Crippen LogP contribution < -0.4 is 0 Å². The van der Waals surface area contributed by atoms with Crippen LogP contribution in [0, 0.1) is 0 Å². The number of carbonyl (C=O) groups is 3. The number of hydrogen-bond acceptors (Lipinski definition) is 6. The average Bonchev–Trinajstić information content (AvgIpc) is 3.27. The second-order valence-corrected chi connectivity index (χ2v) is 15.4. The minimum absolute atomic E-state index is 0.118. The van der Waals surface area contributed by atoms with Crippen LogP contribution in [0.15, 0.2) is 134 Å². The lowest BCUT2D eigenvalue weighted by molar-refractivity contribution is -0.167. The summed E-state index contributed by atoms with van der Waals surface area (Å²) in [5, 5.41) is 0. The lowest BCUT2D eigenvalue weighted by atomic mass is 10.1. The van der Waals surface area contributed by atoms with Gasteiger partial charge in [-0.3, -0.25) is 14.4 Å². The molecule has 0 heterocycles. The van der Waals surface area contributed by atoms with E-state index in [-0.39, 0.29) is 31.1 Å². The van der Waals surface area contributed by atoms with Crippen molar-refractivity contribution in [1.82, 2.24) is 0 Å². The highest BCUT2D eigenvalue weighted by atomic mass is 16.6. The van der Waals surface area contributed by atoms with Crippen LogP contribution in [0.5, 0.6) is 0 Å². The Bertz CT molecular complexity index is 1400. The van der Waals surface area contributed by atoms with Crippen molar-refractivity contribution in [1.29, 1.82) is 0 Å². The summed E-state index contributed by atoms with van der Waals surface area (Å²) < 4.78 is 16.7. The molecule has 0 bridgehead atoms. The Balaban J connectivity index is 4.56. The van der Waals surface area contributed by atoms with Gasteiger partial charge in [0.05, 0.1) is 0 Å². The lowest BCUT2D eigenvalue weighted by Crippen LogP contribution is -2.30. The predicted octanol–water partition coefficient (Wildman–Crippen LogP) is 15.9. The summed E-state index contributed by atoms with van der Waals surface area (Å²) >= 11 is 0. The maximum atomic E-state index is 12.8. The smallest absolute Gasteiger partial charge is 0.306 e. The van der Waals surface area contributed by atoms with Crippen LogP contribution in [0.4, 0.5) is 0 Å². The van der Waals surface area contributed by atoms with Crippen LogP contribution in [0.25, 0.3) is 0 Å². The van der Waals surface area contributed by atoms with E-state index in [4.69, 9.17) is 14.2 Å². The molecule has 6 heteroatoms. The van der Waals surface area contributed by atoms with Gasteiger partial charge in [0.15, 0.2) is 6.10 Å². The average molecular weight is 855 g/mol.